The van der Waals surface area contributed by atoms with E-state index in [2.05, 4.69) is 111 Å². The maximum Gasteiger partial charge on any atom is 0.254 e. The van der Waals surface area contributed by atoms with E-state index < -0.39 is 7.92 Å². The lowest BCUT2D eigenvalue weighted by Crippen LogP contribution is -2.50. The Morgan fingerprint density at radius 2 is 1.44 bits per heavy atom. The molecule has 2 aliphatic rings. The number of carbonyl (C=O) groups excluding carboxylic acids is 1. The van der Waals surface area contributed by atoms with Crippen molar-refractivity contribution in [1.82, 2.24) is 4.90 Å². The predicted molar refractivity (Wildman–Crippen MR) is 145 cm³/mol. The molecule has 1 amide bonds. The number of carbonyl (C=O) groups is 1. The van der Waals surface area contributed by atoms with Crippen molar-refractivity contribution in [3.05, 3.63) is 90.5 Å². The number of amides is 1. The minimum Gasteiger partial charge on any atom is -0.335 e. The van der Waals surface area contributed by atoms with Crippen LogP contribution in [-0.2, 0) is 0 Å². The van der Waals surface area contributed by atoms with Gasteiger partial charge in [-0.15, -0.1) is 0 Å². The van der Waals surface area contributed by atoms with E-state index in [1.807, 2.05) is 6.07 Å². The molecule has 0 unspecified atom stereocenters. The van der Waals surface area contributed by atoms with Crippen LogP contribution in [0.1, 0.15) is 57.3 Å². The smallest absolute Gasteiger partial charge is 0.254 e. The molecule has 3 atom stereocenters. The summed E-state index contributed by atoms with van der Waals surface area (Å²) >= 11 is 0. The predicted octanol–water partition coefficient (Wildman–Crippen LogP) is 6.12. The molecule has 0 radical (unpaired) electrons. The lowest BCUT2D eigenvalue weighted by molar-refractivity contribution is 0.0343. The number of rotatable bonds is 6. The van der Waals surface area contributed by atoms with Gasteiger partial charge in [-0.25, -0.2) is 0 Å². The van der Waals surface area contributed by atoms with E-state index in [1.165, 1.54) is 23.5 Å². The summed E-state index contributed by atoms with van der Waals surface area (Å²) in [4.78, 5) is 16.5. The molecule has 2 bridgehead atoms. The van der Waals surface area contributed by atoms with E-state index in [9.17, 15) is 4.79 Å². The second-order valence-corrected chi connectivity index (χ2v) is 12.9. The zero-order valence-corrected chi connectivity index (χ0v) is 21.8. The third-order valence-electron chi connectivity index (χ3n) is 9.13. The van der Waals surface area contributed by atoms with Crippen LogP contribution in [0.2, 0.25) is 0 Å². The molecule has 2 aliphatic carbocycles. The summed E-state index contributed by atoms with van der Waals surface area (Å²) in [5, 5.41) is 3.71. The fourth-order valence-electron chi connectivity index (χ4n) is 6.72. The van der Waals surface area contributed by atoms with Crippen LogP contribution in [0, 0.1) is 16.7 Å². The minimum absolute atomic E-state index is 0.182. The Balaban J connectivity index is 1.58. The first-order valence-electron chi connectivity index (χ1n) is 12.7. The van der Waals surface area contributed by atoms with Gasteiger partial charge in [0, 0.05) is 18.2 Å². The second-order valence-electron chi connectivity index (χ2n) is 10.7. The lowest BCUT2D eigenvalue weighted by Gasteiger charge is -2.44. The molecule has 0 spiro atoms. The highest BCUT2D eigenvalue weighted by Gasteiger charge is 2.63. The van der Waals surface area contributed by atoms with Crippen molar-refractivity contribution in [1.29, 1.82) is 0 Å². The SMILES string of the molecule is CCN(C(=O)c1ccccc1P(c1ccccc1)c1ccccc1)[C@H]1C[C@H]2CC[C@]1(C)C2(C)C. The van der Waals surface area contributed by atoms with E-state index in [0.717, 1.165) is 23.8 Å². The molecule has 3 heteroatoms. The zero-order valence-electron chi connectivity index (χ0n) is 20.9. The quantitative estimate of drug-likeness (QED) is 0.398. The monoisotopic (exact) mass is 469 g/mol. The highest BCUT2D eigenvalue weighted by molar-refractivity contribution is 7.80. The van der Waals surface area contributed by atoms with Gasteiger partial charge in [0.2, 0.25) is 0 Å². The molecule has 0 saturated heterocycles. The fraction of sp³-hybridized carbons (Fsp3) is 0.387. The average Bonchev–Trinajstić information content (AvgIpc) is 3.20. The molecule has 2 fully saturated rings. The van der Waals surface area contributed by atoms with E-state index in [-0.39, 0.29) is 16.7 Å². The summed E-state index contributed by atoms with van der Waals surface area (Å²) in [6.07, 6.45) is 3.66. The second kappa shape index (κ2) is 8.97. The molecule has 2 nitrogen and oxygen atoms in total. The van der Waals surface area contributed by atoms with Crippen molar-refractivity contribution >= 4 is 29.7 Å². The maximum absolute atomic E-state index is 14.3. The minimum atomic E-state index is -0.826. The van der Waals surface area contributed by atoms with Crippen LogP contribution in [0.3, 0.4) is 0 Å². The average molecular weight is 470 g/mol. The third kappa shape index (κ3) is 3.62. The van der Waals surface area contributed by atoms with Gasteiger partial charge in [0.1, 0.15) is 0 Å². The molecular weight excluding hydrogens is 433 g/mol. The molecule has 2 saturated carbocycles. The van der Waals surface area contributed by atoms with Crippen LogP contribution in [0.15, 0.2) is 84.9 Å². The number of benzene rings is 3. The molecule has 3 aromatic carbocycles. The first-order chi connectivity index (χ1) is 16.4. The van der Waals surface area contributed by atoms with E-state index in [4.69, 9.17) is 0 Å². The molecule has 0 N–H and O–H groups in total. The van der Waals surface area contributed by atoms with Gasteiger partial charge in [-0.1, -0.05) is 99.6 Å². The van der Waals surface area contributed by atoms with E-state index in [0.29, 0.717) is 12.0 Å². The van der Waals surface area contributed by atoms with Crippen LogP contribution in [-0.4, -0.2) is 23.4 Å². The molecule has 5 rings (SSSR count). The third-order valence-corrected chi connectivity index (χ3v) is 11.6. The topological polar surface area (TPSA) is 20.3 Å². The molecule has 176 valence electrons. The molecule has 0 heterocycles. The Morgan fingerprint density at radius 1 is 0.882 bits per heavy atom. The van der Waals surface area contributed by atoms with Gasteiger partial charge < -0.3 is 4.90 Å². The fourth-order valence-corrected chi connectivity index (χ4v) is 9.17. The number of hydrogen-bond acceptors (Lipinski definition) is 1. The maximum atomic E-state index is 14.3. The van der Waals surface area contributed by atoms with Gasteiger partial charge in [0.25, 0.3) is 5.91 Å². The first-order valence-corrected chi connectivity index (χ1v) is 14.0. The van der Waals surface area contributed by atoms with Crippen molar-refractivity contribution in [2.75, 3.05) is 6.54 Å². The molecular formula is C31H36NOP. The van der Waals surface area contributed by atoms with Crippen molar-refractivity contribution in [3.63, 3.8) is 0 Å². The van der Waals surface area contributed by atoms with Gasteiger partial charge in [-0.2, -0.15) is 0 Å². The summed E-state index contributed by atoms with van der Waals surface area (Å²) in [5.41, 5.74) is 1.33. The highest BCUT2D eigenvalue weighted by Crippen LogP contribution is 2.66. The Kier molecular flexibility index (Phi) is 6.15. The Bertz CT molecular complexity index is 1120. The summed E-state index contributed by atoms with van der Waals surface area (Å²) < 4.78 is 0. The highest BCUT2D eigenvalue weighted by atomic mass is 31.1. The molecule has 34 heavy (non-hydrogen) atoms. The largest absolute Gasteiger partial charge is 0.335 e. The number of fused-ring (bicyclic) bond motifs is 2. The van der Waals surface area contributed by atoms with Crippen molar-refractivity contribution < 1.29 is 4.79 Å². The van der Waals surface area contributed by atoms with Gasteiger partial charge >= 0.3 is 0 Å². The zero-order chi connectivity index (χ0) is 23.9. The number of hydrogen-bond donors (Lipinski definition) is 0. The summed E-state index contributed by atoms with van der Waals surface area (Å²) in [5.74, 6) is 0.914. The standard InChI is InChI=1S/C31H36NOP/c1-5-32(28-22-23-20-21-31(28,4)30(23,2)3)29(33)26-18-12-13-19-27(26)34(24-14-8-6-9-15-24)25-16-10-7-11-17-25/h6-19,23,28H,5,20-22H2,1-4H3/t23-,28+,31+/m1/s1. The van der Waals surface area contributed by atoms with Gasteiger partial charge in [-0.05, 0) is 72.8 Å². The normalized spacial score (nSPS) is 25.0. The van der Waals surface area contributed by atoms with Crippen LogP contribution < -0.4 is 15.9 Å². The van der Waals surface area contributed by atoms with Gasteiger partial charge in [0.15, 0.2) is 0 Å². The Labute approximate surface area is 206 Å². The number of nitrogens with zero attached hydrogens (tertiary/aromatic N) is 1. The lowest BCUT2D eigenvalue weighted by atomic mass is 9.68. The molecule has 0 aliphatic heterocycles. The van der Waals surface area contributed by atoms with Crippen molar-refractivity contribution in [2.45, 2.75) is 53.0 Å². The van der Waals surface area contributed by atoms with Gasteiger partial charge in [-0.3, -0.25) is 4.79 Å². The Hall–Kier alpha value is -2.44. The van der Waals surface area contributed by atoms with E-state index in [1.54, 1.807) is 0 Å². The summed E-state index contributed by atoms with van der Waals surface area (Å²) in [6, 6.07) is 30.0. The van der Waals surface area contributed by atoms with Crippen LogP contribution in [0.5, 0.6) is 0 Å². The van der Waals surface area contributed by atoms with E-state index >= 15 is 0 Å². The van der Waals surface area contributed by atoms with Crippen LogP contribution >= 0.6 is 7.92 Å². The van der Waals surface area contributed by atoms with Crippen LogP contribution in [0.25, 0.3) is 0 Å². The van der Waals surface area contributed by atoms with Crippen molar-refractivity contribution in [3.8, 4) is 0 Å². The Morgan fingerprint density at radius 3 is 1.94 bits per heavy atom. The molecule has 0 aromatic heterocycles. The first kappa shape index (κ1) is 23.3. The van der Waals surface area contributed by atoms with Crippen molar-refractivity contribution in [2.24, 2.45) is 16.7 Å². The molecule has 3 aromatic rings. The van der Waals surface area contributed by atoms with Gasteiger partial charge in [0.05, 0.1) is 0 Å². The summed E-state index contributed by atoms with van der Waals surface area (Å²) in [7, 11) is -0.826. The van der Waals surface area contributed by atoms with Crippen LogP contribution in [0.4, 0.5) is 0 Å². The summed E-state index contributed by atoms with van der Waals surface area (Å²) in [6.45, 7) is 10.2.